The summed E-state index contributed by atoms with van der Waals surface area (Å²) in [6.45, 7) is 10.0. The molecule has 0 aromatic rings. The zero-order chi connectivity index (χ0) is 20.3. The minimum atomic E-state index is -1.25. The predicted octanol–water partition coefficient (Wildman–Crippen LogP) is 1.74. The SMILES string of the molecule is CCOC(=O)C(C(=O)OCC)[C@H](C)[C@@H](C)C(C(=O)OCC)C(=O)OCC. The van der Waals surface area contributed by atoms with Gasteiger partial charge < -0.3 is 18.9 Å². The van der Waals surface area contributed by atoms with Gasteiger partial charge in [-0.05, 0) is 39.5 Å². The molecule has 0 saturated carbocycles. The molecule has 0 radical (unpaired) electrons. The van der Waals surface area contributed by atoms with E-state index in [1.54, 1.807) is 41.5 Å². The van der Waals surface area contributed by atoms with Crippen LogP contribution in [0, 0.1) is 23.7 Å². The lowest BCUT2D eigenvalue weighted by Crippen LogP contribution is -2.42. The molecule has 0 aromatic carbocycles. The smallest absolute Gasteiger partial charge is 0.320 e. The highest BCUT2D eigenvalue weighted by atomic mass is 16.6. The molecule has 8 nitrogen and oxygen atoms in total. The molecule has 0 rings (SSSR count). The van der Waals surface area contributed by atoms with Crippen molar-refractivity contribution in [2.75, 3.05) is 26.4 Å². The summed E-state index contributed by atoms with van der Waals surface area (Å²) in [7, 11) is 0. The van der Waals surface area contributed by atoms with Crippen LogP contribution in [0.1, 0.15) is 41.5 Å². The van der Waals surface area contributed by atoms with Gasteiger partial charge in [0.25, 0.3) is 0 Å². The van der Waals surface area contributed by atoms with Crippen LogP contribution >= 0.6 is 0 Å². The van der Waals surface area contributed by atoms with Crippen LogP contribution in [-0.4, -0.2) is 50.3 Å². The third-order valence-corrected chi connectivity index (χ3v) is 4.04. The molecule has 26 heavy (non-hydrogen) atoms. The second kappa shape index (κ2) is 12.3. The fourth-order valence-corrected chi connectivity index (χ4v) is 2.59. The highest BCUT2D eigenvalue weighted by Crippen LogP contribution is 2.31. The van der Waals surface area contributed by atoms with Gasteiger partial charge in [-0.1, -0.05) is 13.8 Å². The number of carbonyl (C=O) groups is 4. The van der Waals surface area contributed by atoms with Gasteiger partial charge in [0.1, 0.15) is 0 Å². The van der Waals surface area contributed by atoms with Crippen molar-refractivity contribution < 1.29 is 38.1 Å². The van der Waals surface area contributed by atoms with E-state index in [2.05, 4.69) is 0 Å². The van der Waals surface area contributed by atoms with E-state index in [9.17, 15) is 19.2 Å². The van der Waals surface area contributed by atoms with Crippen LogP contribution in [0.3, 0.4) is 0 Å². The van der Waals surface area contributed by atoms with Crippen molar-refractivity contribution in [2.24, 2.45) is 23.7 Å². The zero-order valence-corrected chi connectivity index (χ0v) is 16.4. The summed E-state index contributed by atoms with van der Waals surface area (Å²) >= 11 is 0. The van der Waals surface area contributed by atoms with Crippen molar-refractivity contribution >= 4 is 23.9 Å². The van der Waals surface area contributed by atoms with Gasteiger partial charge in [-0.3, -0.25) is 19.2 Å². The first-order valence-corrected chi connectivity index (χ1v) is 8.93. The monoisotopic (exact) mass is 374 g/mol. The zero-order valence-electron chi connectivity index (χ0n) is 16.4. The molecular formula is C18H30O8. The van der Waals surface area contributed by atoms with E-state index in [1.807, 2.05) is 0 Å². The highest BCUT2D eigenvalue weighted by molar-refractivity contribution is 5.97. The van der Waals surface area contributed by atoms with Crippen molar-refractivity contribution in [1.82, 2.24) is 0 Å². The fraction of sp³-hybridized carbons (Fsp3) is 0.778. The summed E-state index contributed by atoms with van der Waals surface area (Å²) in [5.74, 6) is -6.95. The van der Waals surface area contributed by atoms with Gasteiger partial charge in [-0.2, -0.15) is 0 Å². The molecule has 0 aromatic heterocycles. The molecule has 0 amide bonds. The van der Waals surface area contributed by atoms with E-state index in [4.69, 9.17) is 18.9 Å². The Morgan fingerprint density at radius 2 is 0.731 bits per heavy atom. The quantitative estimate of drug-likeness (QED) is 0.306. The standard InChI is InChI=1S/C18H30O8/c1-7-23-15(19)13(16(20)24-8-2)11(5)12(6)14(17(21)25-9-3)18(22)26-10-4/h11-14H,7-10H2,1-6H3/t11-,12-/m1/s1. The molecule has 0 aliphatic carbocycles. The van der Waals surface area contributed by atoms with E-state index in [-0.39, 0.29) is 26.4 Å². The number of esters is 4. The maximum atomic E-state index is 12.3. The molecule has 0 unspecified atom stereocenters. The van der Waals surface area contributed by atoms with E-state index >= 15 is 0 Å². The third-order valence-electron chi connectivity index (χ3n) is 4.04. The largest absolute Gasteiger partial charge is 0.465 e. The van der Waals surface area contributed by atoms with Crippen LogP contribution in [0.4, 0.5) is 0 Å². The Balaban J connectivity index is 5.67. The summed E-state index contributed by atoms with van der Waals surface area (Å²) in [6, 6.07) is 0. The Kier molecular flexibility index (Phi) is 11.3. The maximum Gasteiger partial charge on any atom is 0.320 e. The van der Waals surface area contributed by atoms with Gasteiger partial charge in [-0.15, -0.1) is 0 Å². The van der Waals surface area contributed by atoms with Crippen molar-refractivity contribution in [1.29, 1.82) is 0 Å². The van der Waals surface area contributed by atoms with Crippen LogP contribution in [0.2, 0.25) is 0 Å². The average Bonchev–Trinajstić information content (AvgIpc) is 2.56. The van der Waals surface area contributed by atoms with Crippen LogP contribution < -0.4 is 0 Å². The molecule has 0 heterocycles. The molecule has 0 saturated heterocycles. The number of rotatable bonds is 11. The summed E-state index contributed by atoms with van der Waals surface area (Å²) < 4.78 is 19.9. The van der Waals surface area contributed by atoms with E-state index in [0.29, 0.717) is 0 Å². The topological polar surface area (TPSA) is 105 Å². The summed E-state index contributed by atoms with van der Waals surface area (Å²) in [5, 5.41) is 0. The molecule has 0 bridgehead atoms. The van der Waals surface area contributed by atoms with E-state index < -0.39 is 47.5 Å². The molecule has 8 heteroatoms. The first-order chi connectivity index (χ1) is 12.3. The van der Waals surface area contributed by atoms with Crippen molar-refractivity contribution in [3.05, 3.63) is 0 Å². The minimum Gasteiger partial charge on any atom is -0.465 e. The van der Waals surface area contributed by atoms with Crippen LogP contribution in [0.25, 0.3) is 0 Å². The van der Waals surface area contributed by atoms with Gasteiger partial charge in [0.2, 0.25) is 0 Å². The van der Waals surface area contributed by atoms with E-state index in [0.717, 1.165) is 0 Å². The molecule has 0 spiro atoms. The first kappa shape index (κ1) is 23.9. The molecule has 0 N–H and O–H groups in total. The molecule has 0 aliphatic heterocycles. The van der Waals surface area contributed by atoms with Crippen molar-refractivity contribution in [3.8, 4) is 0 Å². The fourth-order valence-electron chi connectivity index (χ4n) is 2.59. The Hall–Kier alpha value is -2.12. The van der Waals surface area contributed by atoms with Gasteiger partial charge in [0, 0.05) is 0 Å². The highest BCUT2D eigenvalue weighted by Gasteiger charge is 2.45. The van der Waals surface area contributed by atoms with Gasteiger partial charge in [-0.25, -0.2) is 0 Å². The van der Waals surface area contributed by atoms with Gasteiger partial charge in [0.05, 0.1) is 26.4 Å². The Morgan fingerprint density at radius 3 is 0.885 bits per heavy atom. The lowest BCUT2D eigenvalue weighted by molar-refractivity contribution is -0.172. The molecule has 0 aliphatic rings. The van der Waals surface area contributed by atoms with Crippen molar-refractivity contribution in [3.63, 3.8) is 0 Å². The molecule has 2 atom stereocenters. The summed E-state index contributed by atoms with van der Waals surface area (Å²) in [6.07, 6.45) is 0. The van der Waals surface area contributed by atoms with Crippen molar-refractivity contribution in [2.45, 2.75) is 41.5 Å². The third kappa shape index (κ3) is 6.65. The van der Waals surface area contributed by atoms with Crippen LogP contribution in [0.15, 0.2) is 0 Å². The number of hydrogen-bond acceptors (Lipinski definition) is 8. The van der Waals surface area contributed by atoms with Gasteiger partial charge >= 0.3 is 23.9 Å². The summed E-state index contributed by atoms with van der Waals surface area (Å²) in [5.41, 5.74) is 0. The minimum absolute atomic E-state index is 0.0923. The summed E-state index contributed by atoms with van der Waals surface area (Å²) in [4.78, 5) is 49.1. The lowest BCUT2D eigenvalue weighted by atomic mass is 9.76. The Morgan fingerprint density at radius 1 is 0.538 bits per heavy atom. The number of carbonyl (C=O) groups excluding carboxylic acids is 4. The lowest BCUT2D eigenvalue weighted by Gasteiger charge is -2.29. The molecular weight excluding hydrogens is 344 g/mol. The second-order valence-electron chi connectivity index (χ2n) is 5.68. The first-order valence-electron chi connectivity index (χ1n) is 8.93. The van der Waals surface area contributed by atoms with Crippen LogP contribution in [-0.2, 0) is 38.1 Å². The predicted molar refractivity (Wildman–Crippen MR) is 91.8 cm³/mol. The number of ether oxygens (including phenoxy) is 4. The Bertz CT molecular complexity index is 408. The van der Waals surface area contributed by atoms with E-state index in [1.165, 1.54) is 0 Å². The normalized spacial score (nSPS) is 13.1. The Labute approximate surface area is 154 Å². The van der Waals surface area contributed by atoms with Gasteiger partial charge in [0.15, 0.2) is 11.8 Å². The van der Waals surface area contributed by atoms with Crippen LogP contribution in [0.5, 0.6) is 0 Å². The maximum absolute atomic E-state index is 12.3. The molecule has 0 fully saturated rings. The molecule has 150 valence electrons. The average molecular weight is 374 g/mol. The second-order valence-corrected chi connectivity index (χ2v) is 5.68. The number of hydrogen-bond donors (Lipinski definition) is 0.